The van der Waals surface area contributed by atoms with Gasteiger partial charge >= 0.3 is 11.4 Å². The summed E-state index contributed by atoms with van der Waals surface area (Å²) in [5, 5.41) is 0. The first-order valence-corrected chi connectivity index (χ1v) is 4.20. The summed E-state index contributed by atoms with van der Waals surface area (Å²) >= 11 is 0. The Hall–Kier alpha value is -1.32. The van der Waals surface area contributed by atoms with Crippen molar-refractivity contribution in [2.75, 3.05) is 0 Å². The summed E-state index contributed by atoms with van der Waals surface area (Å²) in [7, 11) is 0. The number of nitrogens with one attached hydrogen (secondary N) is 1. The molecule has 0 spiro atoms. The van der Waals surface area contributed by atoms with E-state index >= 15 is 0 Å². The van der Waals surface area contributed by atoms with Crippen LogP contribution >= 0.6 is 0 Å². The molecule has 1 N–H and O–H groups in total. The molecule has 0 aliphatic carbocycles. The molecular weight excluding hydrogens is 170 g/mol. The lowest BCUT2D eigenvalue weighted by Gasteiger charge is -2.20. The Bertz CT molecular complexity index is 400. The summed E-state index contributed by atoms with van der Waals surface area (Å²) in [4.78, 5) is 24.3. The molecule has 72 valence electrons. The van der Waals surface area contributed by atoms with E-state index in [0.29, 0.717) is 5.56 Å². The minimum atomic E-state index is -0.708. The average molecular weight is 183 g/mol. The zero-order valence-corrected chi connectivity index (χ0v) is 8.01. The molecule has 4 heteroatoms. The first kappa shape index (κ1) is 9.77. The van der Waals surface area contributed by atoms with E-state index in [1.54, 1.807) is 0 Å². The molecular formula is C9H13NO3. The Morgan fingerprint density at radius 1 is 1.46 bits per heavy atom. The fourth-order valence-electron chi connectivity index (χ4n) is 1.02. The smallest absolute Gasteiger partial charge is 0.372 e. The molecule has 0 bridgehead atoms. The molecule has 0 amide bonds. The van der Waals surface area contributed by atoms with Gasteiger partial charge in [-0.3, -0.25) is 4.98 Å². The first-order valence-electron chi connectivity index (χ1n) is 4.20. The summed E-state index contributed by atoms with van der Waals surface area (Å²) < 4.78 is 4.43. The molecule has 0 fully saturated rings. The quantitative estimate of drug-likeness (QED) is 0.744. The van der Waals surface area contributed by atoms with Gasteiger partial charge in [0.1, 0.15) is 0 Å². The van der Waals surface area contributed by atoms with E-state index in [1.165, 1.54) is 6.20 Å². The fraction of sp³-hybridized carbons (Fsp3) is 0.556. The van der Waals surface area contributed by atoms with Crippen molar-refractivity contribution in [1.29, 1.82) is 0 Å². The van der Waals surface area contributed by atoms with Crippen LogP contribution in [0.1, 0.15) is 32.8 Å². The SMILES string of the molecule is CCC(C)(C)c1c[nH]c(=O)oc1=O. The van der Waals surface area contributed by atoms with Crippen molar-refractivity contribution in [2.24, 2.45) is 0 Å². The van der Waals surface area contributed by atoms with E-state index in [9.17, 15) is 9.59 Å². The molecule has 0 aromatic carbocycles. The molecule has 0 saturated heterocycles. The number of aromatic amines is 1. The highest BCUT2D eigenvalue weighted by atomic mass is 16.4. The van der Waals surface area contributed by atoms with Crippen molar-refractivity contribution < 1.29 is 4.42 Å². The zero-order chi connectivity index (χ0) is 10.1. The topological polar surface area (TPSA) is 63.1 Å². The van der Waals surface area contributed by atoms with E-state index in [1.807, 2.05) is 20.8 Å². The highest BCUT2D eigenvalue weighted by molar-refractivity contribution is 5.14. The van der Waals surface area contributed by atoms with Crippen LogP contribution in [0.25, 0.3) is 0 Å². The lowest BCUT2D eigenvalue weighted by molar-refractivity contribution is 0.404. The zero-order valence-electron chi connectivity index (χ0n) is 8.01. The number of H-pyrrole nitrogens is 1. The van der Waals surface area contributed by atoms with Crippen molar-refractivity contribution in [3.8, 4) is 0 Å². The van der Waals surface area contributed by atoms with Crippen molar-refractivity contribution in [3.63, 3.8) is 0 Å². The van der Waals surface area contributed by atoms with E-state index in [-0.39, 0.29) is 5.41 Å². The second kappa shape index (κ2) is 3.20. The first-order chi connectivity index (χ1) is 5.97. The predicted molar refractivity (Wildman–Crippen MR) is 48.9 cm³/mol. The maximum atomic E-state index is 11.3. The Labute approximate surface area is 75.6 Å². The highest BCUT2D eigenvalue weighted by Gasteiger charge is 2.22. The standard InChI is InChI=1S/C9H13NO3/c1-4-9(2,3)6-5-10-8(12)13-7(6)11/h5H,4H2,1-3H3,(H,10,12). The number of hydrogen-bond acceptors (Lipinski definition) is 3. The summed E-state index contributed by atoms with van der Waals surface area (Å²) in [5.74, 6) is -0.708. The number of aromatic nitrogens is 1. The summed E-state index contributed by atoms with van der Waals surface area (Å²) in [6.07, 6.45) is 2.24. The summed E-state index contributed by atoms with van der Waals surface area (Å²) in [6, 6.07) is 0. The van der Waals surface area contributed by atoms with Gasteiger partial charge in [-0.15, -0.1) is 0 Å². The predicted octanol–water partition coefficient (Wildman–Crippen LogP) is 1.02. The fourth-order valence-corrected chi connectivity index (χ4v) is 1.02. The third-order valence-corrected chi connectivity index (χ3v) is 2.35. The third kappa shape index (κ3) is 1.88. The van der Waals surface area contributed by atoms with Crippen LogP contribution in [0.5, 0.6) is 0 Å². The van der Waals surface area contributed by atoms with Gasteiger partial charge in [0.05, 0.1) is 5.56 Å². The van der Waals surface area contributed by atoms with Gasteiger partial charge in [-0.25, -0.2) is 9.59 Å². The molecule has 1 aromatic heterocycles. The van der Waals surface area contributed by atoms with Crippen LogP contribution in [0.15, 0.2) is 20.2 Å². The minimum Gasteiger partial charge on any atom is -0.372 e. The van der Waals surface area contributed by atoms with Gasteiger partial charge in [0.15, 0.2) is 0 Å². The Balaban J connectivity index is 3.32. The molecule has 1 aromatic rings. The normalized spacial score (nSPS) is 11.6. The second-order valence-corrected chi connectivity index (χ2v) is 3.62. The largest absolute Gasteiger partial charge is 0.419 e. The van der Waals surface area contributed by atoms with E-state index in [0.717, 1.165) is 6.42 Å². The second-order valence-electron chi connectivity index (χ2n) is 3.62. The molecule has 0 unspecified atom stereocenters. The monoisotopic (exact) mass is 183 g/mol. The van der Waals surface area contributed by atoms with Crippen molar-refractivity contribution in [3.05, 3.63) is 32.7 Å². The van der Waals surface area contributed by atoms with Crippen LogP contribution < -0.4 is 11.4 Å². The van der Waals surface area contributed by atoms with Crippen LogP contribution in [-0.2, 0) is 5.41 Å². The molecule has 4 nitrogen and oxygen atoms in total. The van der Waals surface area contributed by atoms with Gasteiger partial charge in [0.2, 0.25) is 0 Å². The number of rotatable bonds is 2. The molecule has 1 rings (SSSR count). The van der Waals surface area contributed by atoms with E-state index in [2.05, 4.69) is 9.40 Å². The van der Waals surface area contributed by atoms with Gasteiger partial charge in [-0.05, 0) is 11.8 Å². The maximum Gasteiger partial charge on any atom is 0.419 e. The van der Waals surface area contributed by atoms with Gasteiger partial charge in [0, 0.05) is 6.20 Å². The molecule has 0 atom stereocenters. The van der Waals surface area contributed by atoms with E-state index in [4.69, 9.17) is 0 Å². The van der Waals surface area contributed by atoms with Gasteiger partial charge < -0.3 is 4.42 Å². The van der Waals surface area contributed by atoms with Crippen LogP contribution in [-0.4, -0.2) is 4.98 Å². The Kier molecular flexibility index (Phi) is 2.40. The lowest BCUT2D eigenvalue weighted by Crippen LogP contribution is -2.28. The molecule has 13 heavy (non-hydrogen) atoms. The molecule has 0 radical (unpaired) electrons. The van der Waals surface area contributed by atoms with Crippen LogP contribution in [0.3, 0.4) is 0 Å². The Morgan fingerprint density at radius 3 is 2.54 bits per heavy atom. The van der Waals surface area contributed by atoms with Crippen LogP contribution in [0.4, 0.5) is 0 Å². The van der Waals surface area contributed by atoms with Gasteiger partial charge in [-0.2, -0.15) is 0 Å². The molecule has 0 saturated carbocycles. The van der Waals surface area contributed by atoms with Crippen LogP contribution in [0.2, 0.25) is 0 Å². The van der Waals surface area contributed by atoms with Crippen molar-refractivity contribution >= 4 is 0 Å². The van der Waals surface area contributed by atoms with Crippen molar-refractivity contribution in [2.45, 2.75) is 32.6 Å². The average Bonchev–Trinajstić information content (AvgIpc) is 2.03. The molecule has 0 aliphatic heterocycles. The number of hydrogen-bond donors (Lipinski definition) is 1. The lowest BCUT2D eigenvalue weighted by atomic mass is 9.84. The van der Waals surface area contributed by atoms with Crippen molar-refractivity contribution in [1.82, 2.24) is 4.98 Å². The van der Waals surface area contributed by atoms with Gasteiger partial charge in [-0.1, -0.05) is 20.8 Å². The maximum absolute atomic E-state index is 11.3. The minimum absolute atomic E-state index is 0.259. The summed E-state index contributed by atoms with van der Waals surface area (Å²) in [6.45, 7) is 5.83. The molecule has 0 aliphatic rings. The van der Waals surface area contributed by atoms with E-state index < -0.39 is 11.4 Å². The van der Waals surface area contributed by atoms with Crippen LogP contribution in [0, 0.1) is 0 Å². The summed E-state index contributed by atoms with van der Waals surface area (Å²) in [5.41, 5.74) is -0.296. The Morgan fingerprint density at radius 2 is 2.08 bits per heavy atom. The highest BCUT2D eigenvalue weighted by Crippen LogP contribution is 2.22. The third-order valence-electron chi connectivity index (χ3n) is 2.35. The van der Waals surface area contributed by atoms with Gasteiger partial charge in [0.25, 0.3) is 0 Å². The molecule has 1 heterocycles.